The summed E-state index contributed by atoms with van der Waals surface area (Å²) in [5, 5.41) is 9.32. The lowest BCUT2D eigenvalue weighted by molar-refractivity contribution is -0.125. The van der Waals surface area contributed by atoms with E-state index in [-0.39, 0.29) is 34.8 Å². The van der Waals surface area contributed by atoms with E-state index >= 15 is 0 Å². The van der Waals surface area contributed by atoms with Gasteiger partial charge in [-0.2, -0.15) is 0 Å². The Morgan fingerprint density at radius 2 is 1.93 bits per heavy atom. The maximum Gasteiger partial charge on any atom is 0.287 e. The molecule has 0 saturated carbocycles. The van der Waals surface area contributed by atoms with Gasteiger partial charge in [-0.15, -0.1) is 11.3 Å². The molecule has 0 unspecified atom stereocenters. The number of para-hydroxylation sites is 1. The number of Topliss-reactive ketones (excluding diaryl/α,β-unsaturated/α-hetero) is 1. The fourth-order valence-corrected chi connectivity index (χ4v) is 6.00. The molecule has 1 fully saturated rings. The minimum Gasteiger partial charge on any atom is -0.496 e. The molecule has 3 atom stereocenters. The lowest BCUT2D eigenvalue weighted by Gasteiger charge is -2.24. The number of furan rings is 1. The Morgan fingerprint density at radius 3 is 2.63 bits per heavy atom. The Labute approximate surface area is 240 Å². The molecule has 1 saturated heterocycles. The van der Waals surface area contributed by atoms with E-state index in [0.717, 1.165) is 4.70 Å². The number of hydrogen-bond donors (Lipinski definition) is 3. The van der Waals surface area contributed by atoms with Gasteiger partial charge in [0.2, 0.25) is 17.6 Å². The van der Waals surface area contributed by atoms with E-state index < -0.39 is 29.8 Å². The summed E-state index contributed by atoms with van der Waals surface area (Å²) in [5.74, 6) is -1.34. The molecule has 1 aliphatic heterocycles. The van der Waals surface area contributed by atoms with E-state index in [4.69, 9.17) is 9.15 Å². The topological polar surface area (TPSA) is 140 Å². The number of hydrogen-bond acceptors (Lipinski definition) is 8. The number of nitrogens with one attached hydrogen (secondary N) is 3. The van der Waals surface area contributed by atoms with E-state index in [9.17, 15) is 19.2 Å². The zero-order valence-electron chi connectivity index (χ0n) is 23.1. The van der Waals surface area contributed by atoms with Crippen molar-refractivity contribution in [1.82, 2.24) is 20.9 Å². The van der Waals surface area contributed by atoms with Gasteiger partial charge in [0.25, 0.3) is 5.91 Å². The molecule has 1 aliphatic rings. The van der Waals surface area contributed by atoms with Crippen LogP contribution in [0.3, 0.4) is 0 Å². The average molecular weight is 577 g/mol. The minimum absolute atomic E-state index is 0.0378. The van der Waals surface area contributed by atoms with Gasteiger partial charge >= 0.3 is 0 Å². The van der Waals surface area contributed by atoms with Crippen LogP contribution in [-0.2, 0) is 9.59 Å². The van der Waals surface area contributed by atoms with Crippen LogP contribution in [0.4, 0.5) is 0 Å². The predicted molar refractivity (Wildman–Crippen MR) is 155 cm³/mol. The van der Waals surface area contributed by atoms with Crippen molar-refractivity contribution in [2.24, 2.45) is 11.8 Å². The normalized spacial score (nSPS) is 16.5. The second kappa shape index (κ2) is 12.1. The Kier molecular flexibility index (Phi) is 8.34. The van der Waals surface area contributed by atoms with Crippen LogP contribution < -0.4 is 20.7 Å². The highest BCUT2D eigenvalue weighted by Gasteiger charge is 2.35. The van der Waals surface area contributed by atoms with Gasteiger partial charge in [0.15, 0.2) is 10.8 Å². The maximum atomic E-state index is 13.7. The van der Waals surface area contributed by atoms with E-state index in [2.05, 4.69) is 20.9 Å². The van der Waals surface area contributed by atoms with Gasteiger partial charge in [0.05, 0.1) is 28.8 Å². The van der Waals surface area contributed by atoms with Crippen molar-refractivity contribution in [1.29, 1.82) is 0 Å². The smallest absolute Gasteiger partial charge is 0.287 e. The quantitative estimate of drug-likeness (QED) is 0.229. The van der Waals surface area contributed by atoms with Crippen molar-refractivity contribution in [2.45, 2.75) is 45.2 Å². The van der Waals surface area contributed by atoms with Gasteiger partial charge in [0.1, 0.15) is 17.4 Å². The fourth-order valence-electron chi connectivity index (χ4n) is 5.04. The number of ketones is 1. The van der Waals surface area contributed by atoms with E-state index in [0.29, 0.717) is 41.6 Å². The molecule has 2 aromatic heterocycles. The second-order valence-corrected chi connectivity index (χ2v) is 11.6. The third-order valence-electron chi connectivity index (χ3n) is 7.11. The number of carbonyl (C=O) groups excluding carboxylic acids is 4. The van der Waals surface area contributed by atoms with Crippen molar-refractivity contribution < 1.29 is 28.3 Å². The molecular weight excluding hydrogens is 544 g/mol. The standard InChI is InChI=1S/C30H32N4O6S/c1-16(2)13-21(33-29(38)24-15-18-22(39-3)8-6-9-23(18)40-24)28(37)32-20(14-17-11-12-31-27(17)36)26(35)30-34-19-7-4-5-10-25(19)41-30/h4-10,15-17,20-21H,11-14H2,1-3H3,(H,31,36)(H,32,37)(H,33,38)/t17-,20-,21-/m0/s1. The maximum absolute atomic E-state index is 13.7. The highest BCUT2D eigenvalue weighted by molar-refractivity contribution is 7.20. The summed E-state index contributed by atoms with van der Waals surface area (Å²) in [7, 11) is 1.53. The molecular formula is C30H32N4O6S. The summed E-state index contributed by atoms with van der Waals surface area (Å²) in [6.07, 6.45) is 1.03. The molecule has 10 nitrogen and oxygen atoms in total. The number of aromatic nitrogens is 1. The zero-order chi connectivity index (χ0) is 29.1. The highest BCUT2D eigenvalue weighted by Crippen LogP contribution is 2.29. The number of rotatable bonds is 11. The summed E-state index contributed by atoms with van der Waals surface area (Å²) in [5.41, 5.74) is 1.17. The molecule has 3 amide bonds. The Balaban J connectivity index is 1.38. The summed E-state index contributed by atoms with van der Waals surface area (Å²) >= 11 is 1.25. The minimum atomic E-state index is -0.987. The van der Waals surface area contributed by atoms with Gasteiger partial charge in [-0.3, -0.25) is 19.2 Å². The van der Waals surface area contributed by atoms with Crippen LogP contribution in [0, 0.1) is 11.8 Å². The number of nitrogens with zero attached hydrogens (tertiary/aromatic N) is 1. The third-order valence-corrected chi connectivity index (χ3v) is 8.17. The van der Waals surface area contributed by atoms with E-state index in [1.807, 2.05) is 38.1 Å². The number of ether oxygens (including phenoxy) is 1. The summed E-state index contributed by atoms with van der Waals surface area (Å²) in [6.45, 7) is 4.39. The van der Waals surface area contributed by atoms with E-state index in [1.165, 1.54) is 18.4 Å². The number of benzene rings is 2. The molecule has 3 heterocycles. The van der Waals surface area contributed by atoms with Crippen LogP contribution in [0.15, 0.2) is 52.9 Å². The molecule has 4 aromatic rings. The average Bonchev–Trinajstić information content (AvgIpc) is 3.69. The molecule has 3 N–H and O–H groups in total. The van der Waals surface area contributed by atoms with Crippen molar-refractivity contribution >= 4 is 56.0 Å². The van der Waals surface area contributed by atoms with Gasteiger partial charge in [-0.25, -0.2) is 4.98 Å². The lowest BCUT2D eigenvalue weighted by Crippen LogP contribution is -2.52. The van der Waals surface area contributed by atoms with Crippen molar-refractivity contribution in [3.05, 3.63) is 59.3 Å². The van der Waals surface area contributed by atoms with Crippen LogP contribution in [0.25, 0.3) is 21.2 Å². The van der Waals surface area contributed by atoms with Crippen molar-refractivity contribution in [3.63, 3.8) is 0 Å². The first-order valence-electron chi connectivity index (χ1n) is 13.6. The Hall–Kier alpha value is -4.25. The first kappa shape index (κ1) is 28.3. The Morgan fingerprint density at radius 1 is 1.12 bits per heavy atom. The number of thiazole rings is 1. The van der Waals surface area contributed by atoms with Crippen LogP contribution in [0.1, 0.15) is 53.5 Å². The van der Waals surface area contributed by atoms with Gasteiger partial charge in [-0.1, -0.05) is 32.0 Å². The number of carbonyl (C=O) groups is 4. The lowest BCUT2D eigenvalue weighted by atomic mass is 9.95. The van der Waals surface area contributed by atoms with Crippen LogP contribution in [-0.4, -0.2) is 54.2 Å². The molecule has 5 rings (SSSR count). The second-order valence-electron chi connectivity index (χ2n) is 10.6. The molecule has 0 bridgehead atoms. The molecule has 2 aromatic carbocycles. The number of methoxy groups -OCH3 is 1. The van der Waals surface area contributed by atoms with Gasteiger partial charge in [0, 0.05) is 18.5 Å². The van der Waals surface area contributed by atoms with E-state index in [1.54, 1.807) is 24.3 Å². The molecule has 0 radical (unpaired) electrons. The van der Waals surface area contributed by atoms with Crippen LogP contribution in [0.2, 0.25) is 0 Å². The largest absolute Gasteiger partial charge is 0.496 e. The molecule has 0 aliphatic carbocycles. The SMILES string of the molecule is COc1cccc2oc(C(=O)N[C@@H](CC(C)C)C(=O)N[C@@H](C[C@@H]3CCNC3=O)C(=O)c3nc4ccccc4s3)cc12. The fraction of sp³-hybridized carbons (Fsp3) is 0.367. The third kappa shape index (κ3) is 6.25. The van der Waals surface area contributed by atoms with Crippen molar-refractivity contribution in [3.8, 4) is 5.75 Å². The first-order chi connectivity index (χ1) is 19.7. The van der Waals surface area contributed by atoms with Crippen LogP contribution >= 0.6 is 11.3 Å². The molecule has 11 heteroatoms. The summed E-state index contributed by atoms with van der Waals surface area (Å²) in [6, 6.07) is 12.3. The zero-order valence-corrected chi connectivity index (χ0v) is 23.9. The number of amides is 3. The first-order valence-corrected chi connectivity index (χ1v) is 14.4. The molecule has 214 valence electrons. The predicted octanol–water partition coefficient (Wildman–Crippen LogP) is 4.09. The van der Waals surface area contributed by atoms with Crippen LogP contribution in [0.5, 0.6) is 5.75 Å². The van der Waals surface area contributed by atoms with Gasteiger partial charge in [-0.05, 0) is 49.4 Å². The monoisotopic (exact) mass is 576 g/mol. The highest BCUT2D eigenvalue weighted by atomic mass is 32.1. The Bertz CT molecular complexity index is 1580. The van der Waals surface area contributed by atoms with Crippen molar-refractivity contribution in [2.75, 3.05) is 13.7 Å². The van der Waals surface area contributed by atoms with Gasteiger partial charge < -0.3 is 25.1 Å². The molecule has 0 spiro atoms. The summed E-state index contributed by atoms with van der Waals surface area (Å²) < 4.78 is 11.9. The summed E-state index contributed by atoms with van der Waals surface area (Å²) in [4.78, 5) is 57.4. The molecule has 41 heavy (non-hydrogen) atoms. The number of fused-ring (bicyclic) bond motifs is 2.